The zero-order valence-electron chi connectivity index (χ0n) is 11.9. The Morgan fingerprint density at radius 1 is 1.23 bits per heavy atom. The Morgan fingerprint density at radius 2 is 2.00 bits per heavy atom. The van der Waals surface area contributed by atoms with E-state index in [1.54, 1.807) is 11.1 Å². The lowest BCUT2D eigenvalue weighted by Crippen LogP contribution is -2.37. The van der Waals surface area contributed by atoms with Crippen molar-refractivity contribution in [1.82, 2.24) is 14.8 Å². The molecule has 1 aromatic carbocycles. The number of nitrogens with zero attached hydrogens (tertiary/aromatic N) is 2. The summed E-state index contributed by atoms with van der Waals surface area (Å²) in [7, 11) is 0. The normalized spacial score (nSPS) is 18.5. The van der Waals surface area contributed by atoms with Crippen molar-refractivity contribution in [3.05, 3.63) is 36.0 Å². The van der Waals surface area contributed by atoms with Gasteiger partial charge in [-0.1, -0.05) is 18.2 Å². The molecule has 6 heteroatoms. The smallest absolute Gasteiger partial charge is 0.327 e. The van der Waals surface area contributed by atoms with Crippen molar-refractivity contribution >= 4 is 28.6 Å². The second kappa shape index (κ2) is 4.69. The van der Waals surface area contributed by atoms with E-state index in [-0.39, 0.29) is 36.9 Å². The number of urea groups is 1. The molecule has 1 aliphatic heterocycles. The molecule has 2 aliphatic rings. The molecule has 1 N–H and O–H groups in total. The molecule has 2 aromatic rings. The molecule has 22 heavy (non-hydrogen) atoms. The molecular weight excluding hydrogens is 282 g/mol. The van der Waals surface area contributed by atoms with Gasteiger partial charge in [0.05, 0.1) is 6.54 Å². The minimum Gasteiger partial charge on any atom is -0.360 e. The number of hydrogen-bond donors (Lipinski definition) is 1. The Labute approximate surface area is 126 Å². The van der Waals surface area contributed by atoms with E-state index in [0.717, 1.165) is 28.6 Å². The highest BCUT2D eigenvalue weighted by molar-refractivity contribution is 6.12. The molecule has 1 saturated carbocycles. The average molecular weight is 297 g/mol. The van der Waals surface area contributed by atoms with Gasteiger partial charge in [-0.25, -0.2) is 4.79 Å². The van der Waals surface area contributed by atoms with E-state index in [1.165, 1.54) is 0 Å². The van der Waals surface area contributed by atoms with E-state index in [2.05, 4.69) is 4.98 Å². The maximum absolute atomic E-state index is 12.5. The van der Waals surface area contributed by atoms with Crippen LogP contribution >= 0.6 is 0 Å². The SMILES string of the molecule is O=C(CN1C(=O)CN(C2CC2)C1=O)c1c[nH]c2ccccc12. The minimum absolute atomic E-state index is 0.102. The second-order valence-electron chi connectivity index (χ2n) is 5.79. The molecule has 2 fully saturated rings. The molecule has 2 heterocycles. The van der Waals surface area contributed by atoms with Crippen molar-refractivity contribution in [3.63, 3.8) is 0 Å². The van der Waals surface area contributed by atoms with Gasteiger partial charge in [0.2, 0.25) is 0 Å². The first-order chi connectivity index (χ1) is 10.6. The van der Waals surface area contributed by atoms with Crippen molar-refractivity contribution in [2.75, 3.05) is 13.1 Å². The number of para-hydroxylation sites is 1. The van der Waals surface area contributed by atoms with E-state index in [0.29, 0.717) is 5.56 Å². The predicted octanol–water partition coefficient (Wildman–Crippen LogP) is 1.78. The van der Waals surface area contributed by atoms with E-state index >= 15 is 0 Å². The Balaban J connectivity index is 1.56. The van der Waals surface area contributed by atoms with Gasteiger partial charge in [0.1, 0.15) is 6.54 Å². The average Bonchev–Trinajstić information content (AvgIpc) is 3.21. The number of ketones is 1. The Hall–Kier alpha value is -2.63. The fourth-order valence-electron chi connectivity index (χ4n) is 2.92. The first-order valence-corrected chi connectivity index (χ1v) is 7.35. The fourth-order valence-corrected chi connectivity index (χ4v) is 2.92. The van der Waals surface area contributed by atoms with E-state index in [4.69, 9.17) is 0 Å². The van der Waals surface area contributed by atoms with Crippen molar-refractivity contribution < 1.29 is 14.4 Å². The van der Waals surface area contributed by atoms with Gasteiger partial charge in [-0.3, -0.25) is 14.5 Å². The van der Waals surface area contributed by atoms with Crippen LogP contribution in [-0.4, -0.2) is 51.6 Å². The van der Waals surface area contributed by atoms with Gasteiger partial charge in [0.15, 0.2) is 5.78 Å². The molecule has 3 amide bonds. The van der Waals surface area contributed by atoms with Crippen molar-refractivity contribution in [2.24, 2.45) is 0 Å². The van der Waals surface area contributed by atoms with Gasteiger partial charge >= 0.3 is 6.03 Å². The van der Waals surface area contributed by atoms with Gasteiger partial charge in [0.25, 0.3) is 5.91 Å². The summed E-state index contributed by atoms with van der Waals surface area (Å²) in [6, 6.07) is 7.32. The first-order valence-electron chi connectivity index (χ1n) is 7.35. The van der Waals surface area contributed by atoms with Gasteiger partial charge in [-0.2, -0.15) is 0 Å². The third kappa shape index (κ3) is 1.99. The third-order valence-electron chi connectivity index (χ3n) is 4.26. The number of Topliss-reactive ketones (excluding diaryl/α,β-unsaturated/α-hetero) is 1. The van der Waals surface area contributed by atoms with Crippen LogP contribution in [0.5, 0.6) is 0 Å². The van der Waals surface area contributed by atoms with Crippen LogP contribution in [0.2, 0.25) is 0 Å². The summed E-state index contributed by atoms with van der Waals surface area (Å²) < 4.78 is 0. The highest BCUT2D eigenvalue weighted by Gasteiger charge is 2.44. The molecule has 0 spiro atoms. The van der Waals surface area contributed by atoms with E-state index in [9.17, 15) is 14.4 Å². The molecular formula is C16H15N3O3. The second-order valence-corrected chi connectivity index (χ2v) is 5.79. The maximum atomic E-state index is 12.5. The Kier molecular flexibility index (Phi) is 2.79. The Morgan fingerprint density at radius 3 is 2.77 bits per heavy atom. The van der Waals surface area contributed by atoms with Crippen LogP contribution in [-0.2, 0) is 4.79 Å². The van der Waals surface area contributed by atoms with Gasteiger partial charge in [-0.15, -0.1) is 0 Å². The van der Waals surface area contributed by atoms with Gasteiger partial charge in [-0.05, 0) is 18.9 Å². The number of benzene rings is 1. The van der Waals surface area contributed by atoms with Gasteiger partial charge < -0.3 is 9.88 Å². The molecule has 0 unspecified atom stereocenters. The topological polar surface area (TPSA) is 73.5 Å². The van der Waals surface area contributed by atoms with Crippen LogP contribution in [0.3, 0.4) is 0 Å². The van der Waals surface area contributed by atoms with Crippen LogP contribution < -0.4 is 0 Å². The largest absolute Gasteiger partial charge is 0.360 e. The van der Waals surface area contributed by atoms with Gasteiger partial charge in [0, 0.05) is 28.7 Å². The molecule has 6 nitrogen and oxygen atoms in total. The predicted molar refractivity (Wildman–Crippen MR) is 79.5 cm³/mol. The summed E-state index contributed by atoms with van der Waals surface area (Å²) in [5, 5.41) is 0.811. The highest BCUT2D eigenvalue weighted by Crippen LogP contribution is 2.30. The van der Waals surface area contributed by atoms with Crippen molar-refractivity contribution in [1.29, 1.82) is 0 Å². The van der Waals surface area contributed by atoms with Crippen LogP contribution in [0.4, 0.5) is 4.79 Å². The lowest BCUT2D eigenvalue weighted by molar-refractivity contribution is -0.125. The zero-order chi connectivity index (χ0) is 15.3. The zero-order valence-corrected chi connectivity index (χ0v) is 11.9. The minimum atomic E-state index is -0.333. The number of H-pyrrole nitrogens is 1. The summed E-state index contributed by atoms with van der Waals surface area (Å²) >= 11 is 0. The molecule has 0 atom stereocenters. The number of hydrogen-bond acceptors (Lipinski definition) is 3. The number of carbonyl (C=O) groups excluding carboxylic acids is 3. The van der Waals surface area contributed by atoms with E-state index < -0.39 is 0 Å². The first kappa shape index (κ1) is 13.1. The summed E-state index contributed by atoms with van der Waals surface area (Å²) in [4.78, 5) is 42.4. The van der Waals surface area contributed by atoms with E-state index in [1.807, 2.05) is 24.3 Å². The monoisotopic (exact) mass is 297 g/mol. The number of imide groups is 1. The number of fused-ring (bicyclic) bond motifs is 1. The summed E-state index contributed by atoms with van der Waals surface area (Å²) in [6.45, 7) is -0.0899. The standard InChI is InChI=1S/C16H15N3O3/c20-14(12-7-17-13-4-2-1-3-11(12)13)8-19-15(21)9-18(16(19)22)10-5-6-10/h1-4,7,10,17H,5-6,8-9H2. The molecule has 112 valence electrons. The summed E-state index contributed by atoms with van der Waals surface area (Å²) in [6.07, 6.45) is 3.53. The fraction of sp³-hybridized carbons (Fsp3) is 0.312. The number of carbonyl (C=O) groups is 3. The number of aromatic nitrogens is 1. The van der Waals surface area contributed by atoms with Crippen LogP contribution in [0.15, 0.2) is 30.5 Å². The van der Waals surface area contributed by atoms with Crippen LogP contribution in [0.1, 0.15) is 23.2 Å². The van der Waals surface area contributed by atoms with Crippen LogP contribution in [0.25, 0.3) is 10.9 Å². The number of rotatable bonds is 4. The third-order valence-corrected chi connectivity index (χ3v) is 4.26. The molecule has 1 aromatic heterocycles. The quantitative estimate of drug-likeness (QED) is 0.690. The van der Waals surface area contributed by atoms with Crippen molar-refractivity contribution in [2.45, 2.75) is 18.9 Å². The molecule has 1 aliphatic carbocycles. The lowest BCUT2D eigenvalue weighted by atomic mass is 10.1. The number of aromatic amines is 1. The molecule has 0 radical (unpaired) electrons. The molecule has 0 bridgehead atoms. The Bertz CT molecular complexity index is 791. The summed E-state index contributed by atoms with van der Waals surface area (Å²) in [5.41, 5.74) is 1.38. The molecule has 1 saturated heterocycles. The maximum Gasteiger partial charge on any atom is 0.327 e. The summed E-state index contributed by atoms with van der Waals surface area (Å²) in [5.74, 6) is -0.512. The highest BCUT2D eigenvalue weighted by atomic mass is 16.2. The number of amides is 3. The number of nitrogens with one attached hydrogen (secondary N) is 1. The van der Waals surface area contributed by atoms with Crippen molar-refractivity contribution in [3.8, 4) is 0 Å². The van der Waals surface area contributed by atoms with Crippen LogP contribution in [0, 0.1) is 0 Å². The molecule has 4 rings (SSSR count). The lowest BCUT2D eigenvalue weighted by Gasteiger charge is -2.15.